The van der Waals surface area contributed by atoms with Gasteiger partial charge in [-0.05, 0) is 24.1 Å². The summed E-state index contributed by atoms with van der Waals surface area (Å²) < 4.78 is 17.8. The monoisotopic (exact) mass is 271 g/mol. The topological polar surface area (TPSA) is 52.3 Å². The molecule has 2 N–H and O–H groups in total. The third-order valence-electron chi connectivity index (χ3n) is 2.65. The average molecular weight is 271 g/mol. The van der Waals surface area contributed by atoms with Gasteiger partial charge in [-0.15, -0.1) is 11.8 Å². The van der Waals surface area contributed by atoms with Crippen molar-refractivity contribution < 1.29 is 13.9 Å². The summed E-state index contributed by atoms with van der Waals surface area (Å²) in [7, 11) is 1.35. The molecule has 0 bridgehead atoms. The quantitative estimate of drug-likeness (QED) is 0.808. The molecule has 0 spiro atoms. The molecule has 0 aromatic heterocycles. The van der Waals surface area contributed by atoms with E-state index in [0.29, 0.717) is 0 Å². The largest absolute Gasteiger partial charge is 0.468 e. The van der Waals surface area contributed by atoms with Crippen molar-refractivity contribution in [3.05, 3.63) is 35.6 Å². The summed E-state index contributed by atoms with van der Waals surface area (Å²) in [5.41, 5.74) is 6.84. The average Bonchev–Trinajstić information content (AvgIpc) is 2.38. The molecule has 18 heavy (non-hydrogen) atoms. The zero-order valence-corrected chi connectivity index (χ0v) is 11.4. The summed E-state index contributed by atoms with van der Waals surface area (Å²) in [5, 5.41) is -0.107. The minimum Gasteiger partial charge on any atom is -0.468 e. The Morgan fingerprint density at radius 3 is 2.83 bits per heavy atom. The first-order chi connectivity index (χ1) is 8.58. The van der Waals surface area contributed by atoms with Crippen LogP contribution in [0.3, 0.4) is 0 Å². The molecule has 2 unspecified atom stereocenters. The van der Waals surface area contributed by atoms with Gasteiger partial charge in [0.05, 0.1) is 12.9 Å². The fraction of sp³-hybridized carbons (Fsp3) is 0.462. The molecular weight excluding hydrogens is 253 g/mol. The van der Waals surface area contributed by atoms with E-state index in [4.69, 9.17) is 5.73 Å². The first-order valence-electron chi connectivity index (χ1n) is 5.78. The molecular formula is C13H18FNO2S. The third-order valence-corrected chi connectivity index (χ3v) is 4.03. The van der Waals surface area contributed by atoms with Gasteiger partial charge in [-0.1, -0.05) is 19.1 Å². The second kappa shape index (κ2) is 7.38. The lowest BCUT2D eigenvalue weighted by molar-refractivity contribution is -0.137. The lowest BCUT2D eigenvalue weighted by Crippen LogP contribution is -2.26. The summed E-state index contributed by atoms with van der Waals surface area (Å²) >= 11 is 1.38. The number of hydrogen-bond donors (Lipinski definition) is 1. The highest BCUT2D eigenvalue weighted by atomic mass is 32.2. The first-order valence-corrected chi connectivity index (χ1v) is 6.82. The zero-order valence-electron chi connectivity index (χ0n) is 10.6. The molecule has 1 aromatic carbocycles. The lowest BCUT2D eigenvalue weighted by atomic mass is 10.0. The molecule has 0 heterocycles. The Balaban J connectivity index is 2.81. The van der Waals surface area contributed by atoms with Crippen molar-refractivity contribution in [1.29, 1.82) is 0 Å². The van der Waals surface area contributed by atoms with Crippen LogP contribution in [0.15, 0.2) is 24.3 Å². The van der Waals surface area contributed by atoms with Crippen molar-refractivity contribution in [3.8, 4) is 0 Å². The Bertz CT molecular complexity index is 400. The van der Waals surface area contributed by atoms with Crippen LogP contribution in [0.4, 0.5) is 4.39 Å². The van der Waals surface area contributed by atoms with Gasteiger partial charge in [-0.3, -0.25) is 4.79 Å². The van der Waals surface area contributed by atoms with Crippen molar-refractivity contribution in [2.45, 2.75) is 24.6 Å². The van der Waals surface area contributed by atoms with E-state index in [1.165, 1.54) is 31.0 Å². The van der Waals surface area contributed by atoms with Crippen LogP contribution in [0.2, 0.25) is 0 Å². The van der Waals surface area contributed by atoms with Gasteiger partial charge in [-0.25, -0.2) is 4.39 Å². The van der Waals surface area contributed by atoms with Gasteiger partial charge >= 0.3 is 5.97 Å². The third kappa shape index (κ3) is 4.31. The highest BCUT2D eigenvalue weighted by molar-refractivity contribution is 8.00. The second-order valence-electron chi connectivity index (χ2n) is 3.93. The number of nitrogens with two attached hydrogens (primary N) is 1. The fourth-order valence-corrected chi connectivity index (χ4v) is 2.79. The smallest absolute Gasteiger partial charge is 0.315 e. The summed E-state index contributed by atoms with van der Waals surface area (Å²) in [6.45, 7) is 1.97. The maximum atomic E-state index is 13.2. The van der Waals surface area contributed by atoms with Gasteiger partial charge in [0.2, 0.25) is 0 Å². The van der Waals surface area contributed by atoms with Crippen LogP contribution in [0.25, 0.3) is 0 Å². The van der Waals surface area contributed by atoms with Crippen molar-refractivity contribution >= 4 is 17.7 Å². The van der Waals surface area contributed by atoms with Crippen molar-refractivity contribution in [1.82, 2.24) is 0 Å². The number of esters is 1. The molecule has 2 atom stereocenters. The first kappa shape index (κ1) is 15.0. The van der Waals surface area contributed by atoms with Crippen LogP contribution in [0.5, 0.6) is 0 Å². The number of carbonyl (C=O) groups is 1. The number of methoxy groups -OCH3 is 1. The van der Waals surface area contributed by atoms with E-state index in [9.17, 15) is 9.18 Å². The molecule has 100 valence electrons. The predicted molar refractivity (Wildman–Crippen MR) is 71.9 cm³/mol. The van der Waals surface area contributed by atoms with Crippen LogP contribution < -0.4 is 5.73 Å². The number of hydrogen-bond acceptors (Lipinski definition) is 4. The second-order valence-corrected chi connectivity index (χ2v) is 5.06. The Labute approximate surface area is 111 Å². The molecule has 1 rings (SSSR count). The normalized spacial score (nSPS) is 14.0. The Hall–Kier alpha value is -1.07. The Morgan fingerprint density at radius 2 is 2.28 bits per heavy atom. The number of thioether (sulfide) groups is 1. The van der Waals surface area contributed by atoms with E-state index in [-0.39, 0.29) is 28.8 Å². The standard InChI is InChI=1S/C13H18FNO2S/c1-3-11(15)13(18-8-12(16)17-2)9-5-4-6-10(14)7-9/h4-7,11,13H,3,8,15H2,1-2H3. The highest BCUT2D eigenvalue weighted by Crippen LogP contribution is 2.32. The summed E-state index contributed by atoms with van der Waals surface area (Å²) in [5.74, 6) is -0.380. The lowest BCUT2D eigenvalue weighted by Gasteiger charge is -2.22. The van der Waals surface area contributed by atoms with Gasteiger partial charge in [0, 0.05) is 11.3 Å². The molecule has 0 aliphatic carbocycles. The molecule has 0 aliphatic heterocycles. The Kier molecular flexibility index (Phi) is 6.15. The summed E-state index contributed by atoms with van der Waals surface area (Å²) in [6.07, 6.45) is 0.759. The summed E-state index contributed by atoms with van der Waals surface area (Å²) in [4.78, 5) is 11.2. The maximum absolute atomic E-state index is 13.2. The minimum absolute atomic E-state index is 0.107. The molecule has 0 saturated heterocycles. The molecule has 5 heteroatoms. The van der Waals surface area contributed by atoms with Gasteiger partial charge in [-0.2, -0.15) is 0 Å². The number of benzene rings is 1. The van der Waals surface area contributed by atoms with Crippen LogP contribution in [0.1, 0.15) is 24.2 Å². The predicted octanol–water partition coefficient (Wildman–Crippen LogP) is 2.51. The molecule has 1 aromatic rings. The van der Waals surface area contributed by atoms with E-state index in [0.717, 1.165) is 12.0 Å². The van der Waals surface area contributed by atoms with E-state index in [1.807, 2.05) is 13.0 Å². The molecule has 3 nitrogen and oxygen atoms in total. The van der Waals surface area contributed by atoms with E-state index in [2.05, 4.69) is 4.74 Å². The van der Waals surface area contributed by atoms with Gasteiger partial charge < -0.3 is 10.5 Å². The van der Waals surface area contributed by atoms with E-state index < -0.39 is 0 Å². The van der Waals surface area contributed by atoms with Crippen molar-refractivity contribution in [2.24, 2.45) is 5.73 Å². The van der Waals surface area contributed by atoms with E-state index >= 15 is 0 Å². The van der Waals surface area contributed by atoms with Crippen molar-refractivity contribution in [2.75, 3.05) is 12.9 Å². The fourth-order valence-electron chi connectivity index (χ4n) is 1.58. The maximum Gasteiger partial charge on any atom is 0.315 e. The van der Waals surface area contributed by atoms with Crippen LogP contribution >= 0.6 is 11.8 Å². The number of ether oxygens (including phenoxy) is 1. The van der Waals surface area contributed by atoms with Gasteiger partial charge in [0.25, 0.3) is 0 Å². The van der Waals surface area contributed by atoms with Crippen molar-refractivity contribution in [3.63, 3.8) is 0 Å². The van der Waals surface area contributed by atoms with E-state index in [1.54, 1.807) is 6.07 Å². The zero-order chi connectivity index (χ0) is 13.5. The number of rotatable bonds is 6. The molecule has 0 aliphatic rings. The van der Waals surface area contributed by atoms with Gasteiger partial charge in [0.15, 0.2) is 0 Å². The summed E-state index contributed by atoms with van der Waals surface area (Å²) in [6, 6.07) is 6.21. The van der Waals surface area contributed by atoms with Gasteiger partial charge in [0.1, 0.15) is 5.82 Å². The minimum atomic E-state index is -0.301. The highest BCUT2D eigenvalue weighted by Gasteiger charge is 2.20. The molecule has 0 fully saturated rings. The number of carbonyl (C=O) groups excluding carboxylic acids is 1. The number of halogens is 1. The van der Waals surface area contributed by atoms with Crippen LogP contribution in [-0.2, 0) is 9.53 Å². The molecule has 0 amide bonds. The Morgan fingerprint density at radius 1 is 1.56 bits per heavy atom. The van der Waals surface area contributed by atoms with Crippen LogP contribution in [-0.4, -0.2) is 24.9 Å². The van der Waals surface area contributed by atoms with Crippen LogP contribution in [0, 0.1) is 5.82 Å². The SMILES string of the molecule is CCC(N)C(SCC(=O)OC)c1cccc(F)c1. The molecule has 0 radical (unpaired) electrons. The molecule has 0 saturated carbocycles.